The van der Waals surface area contributed by atoms with Gasteiger partial charge in [0.15, 0.2) is 0 Å². The molecule has 102 valence electrons. The third-order valence-corrected chi connectivity index (χ3v) is 3.19. The maximum Gasteiger partial charge on any atom is 0.407 e. The van der Waals surface area contributed by atoms with Crippen LogP contribution in [0.3, 0.4) is 0 Å². The van der Waals surface area contributed by atoms with Crippen molar-refractivity contribution in [3.63, 3.8) is 0 Å². The van der Waals surface area contributed by atoms with Crippen LogP contribution in [-0.4, -0.2) is 24.3 Å². The molecule has 3 N–H and O–H groups in total. The lowest BCUT2D eigenvalue weighted by Crippen LogP contribution is -2.40. The quantitative estimate of drug-likeness (QED) is 0.883. The molecular weight excluding hydrogens is 248 g/mol. The number of ether oxygens (including phenoxy) is 1. The fraction of sp³-hybridized carbons (Fsp3) is 0.615. The average Bonchev–Trinajstić information content (AvgIpc) is 2.58. The summed E-state index contributed by atoms with van der Waals surface area (Å²) in [7, 11) is 0. The molecule has 0 aliphatic carbocycles. The second kappa shape index (κ2) is 6.20. The predicted molar refractivity (Wildman–Crippen MR) is 75.0 cm³/mol. The third-order valence-electron chi connectivity index (χ3n) is 2.17. The maximum absolute atomic E-state index is 11.4. The summed E-state index contributed by atoms with van der Waals surface area (Å²) in [5.74, 6) is 0. The van der Waals surface area contributed by atoms with E-state index in [1.54, 1.807) is 11.3 Å². The molecule has 1 amide bonds. The highest BCUT2D eigenvalue weighted by molar-refractivity contribution is 7.11. The molecule has 1 heterocycles. The van der Waals surface area contributed by atoms with Crippen molar-refractivity contribution in [2.75, 3.05) is 6.54 Å². The van der Waals surface area contributed by atoms with E-state index in [1.807, 2.05) is 20.8 Å². The van der Waals surface area contributed by atoms with Gasteiger partial charge in [0, 0.05) is 22.3 Å². The first kappa shape index (κ1) is 15.0. The van der Waals surface area contributed by atoms with Gasteiger partial charge < -0.3 is 15.8 Å². The fourth-order valence-electron chi connectivity index (χ4n) is 1.45. The minimum atomic E-state index is -0.473. The molecule has 1 aromatic rings. The Balaban J connectivity index is 2.29. The van der Waals surface area contributed by atoms with Gasteiger partial charge >= 0.3 is 6.09 Å². The molecule has 0 fully saturated rings. The minimum absolute atomic E-state index is 0.0874. The Bertz CT molecular complexity index is 396. The summed E-state index contributed by atoms with van der Waals surface area (Å²) in [6, 6.07) is 4.07. The molecule has 0 bridgehead atoms. The number of nitrogens with one attached hydrogen (secondary N) is 1. The largest absolute Gasteiger partial charge is 0.444 e. The molecule has 0 saturated heterocycles. The monoisotopic (exact) mass is 270 g/mol. The molecule has 0 aliphatic heterocycles. The molecule has 18 heavy (non-hydrogen) atoms. The maximum atomic E-state index is 11.4. The van der Waals surface area contributed by atoms with Crippen LogP contribution in [-0.2, 0) is 11.2 Å². The lowest BCUT2D eigenvalue weighted by molar-refractivity contribution is 0.0524. The number of alkyl carbamates (subject to hydrolysis) is 1. The predicted octanol–water partition coefficient (Wildman–Crippen LogP) is 2.45. The summed E-state index contributed by atoms with van der Waals surface area (Å²) in [6.07, 6.45) is 0.356. The van der Waals surface area contributed by atoms with Crippen molar-refractivity contribution in [3.8, 4) is 0 Å². The van der Waals surface area contributed by atoms with Crippen LogP contribution >= 0.6 is 11.3 Å². The van der Waals surface area contributed by atoms with Crippen LogP contribution in [0.1, 0.15) is 30.5 Å². The summed E-state index contributed by atoms with van der Waals surface area (Å²) < 4.78 is 5.14. The Morgan fingerprint density at radius 2 is 2.17 bits per heavy atom. The number of rotatable bonds is 4. The number of carbonyl (C=O) groups is 1. The number of carbonyl (C=O) groups excluding carboxylic acids is 1. The highest BCUT2D eigenvalue weighted by atomic mass is 32.1. The smallest absolute Gasteiger partial charge is 0.407 e. The molecule has 5 heteroatoms. The Morgan fingerprint density at radius 1 is 1.50 bits per heavy atom. The van der Waals surface area contributed by atoms with Gasteiger partial charge in [0.05, 0.1) is 0 Å². The van der Waals surface area contributed by atoms with E-state index in [1.165, 1.54) is 9.75 Å². The first-order valence-corrected chi connectivity index (χ1v) is 6.85. The lowest BCUT2D eigenvalue weighted by Gasteiger charge is -2.20. The van der Waals surface area contributed by atoms with Crippen molar-refractivity contribution in [2.45, 2.75) is 45.8 Å². The number of nitrogens with two attached hydrogens (primary N) is 1. The number of thiophene rings is 1. The Morgan fingerprint density at radius 3 is 2.67 bits per heavy atom. The zero-order valence-electron chi connectivity index (χ0n) is 11.4. The zero-order chi connectivity index (χ0) is 13.8. The summed E-state index contributed by atoms with van der Waals surface area (Å²) >= 11 is 1.74. The summed E-state index contributed by atoms with van der Waals surface area (Å²) in [5, 5.41) is 2.68. The van der Waals surface area contributed by atoms with E-state index in [2.05, 4.69) is 24.4 Å². The van der Waals surface area contributed by atoms with Crippen molar-refractivity contribution in [2.24, 2.45) is 5.73 Å². The van der Waals surface area contributed by atoms with Gasteiger partial charge in [-0.25, -0.2) is 4.79 Å². The summed E-state index contributed by atoms with van der Waals surface area (Å²) in [6.45, 7) is 7.99. The van der Waals surface area contributed by atoms with Crippen LogP contribution in [0, 0.1) is 6.92 Å². The molecule has 1 aromatic heterocycles. The van der Waals surface area contributed by atoms with E-state index in [9.17, 15) is 4.79 Å². The van der Waals surface area contributed by atoms with Crippen LogP contribution in [0.25, 0.3) is 0 Å². The average molecular weight is 270 g/mol. The van der Waals surface area contributed by atoms with Crippen molar-refractivity contribution < 1.29 is 9.53 Å². The third kappa shape index (κ3) is 6.02. The molecule has 1 unspecified atom stereocenters. The highest BCUT2D eigenvalue weighted by Crippen LogP contribution is 2.16. The van der Waals surface area contributed by atoms with Gasteiger partial charge in [-0.1, -0.05) is 0 Å². The van der Waals surface area contributed by atoms with Crippen molar-refractivity contribution >= 4 is 17.4 Å². The van der Waals surface area contributed by atoms with Crippen LogP contribution in [0.2, 0.25) is 0 Å². The lowest BCUT2D eigenvalue weighted by atomic mass is 10.2. The number of hydrogen-bond donors (Lipinski definition) is 2. The van der Waals surface area contributed by atoms with Crippen LogP contribution in [0.5, 0.6) is 0 Å². The van der Waals surface area contributed by atoms with E-state index < -0.39 is 11.7 Å². The molecule has 0 aliphatic rings. The second-order valence-corrected chi connectivity index (χ2v) is 6.73. The van der Waals surface area contributed by atoms with Crippen LogP contribution in [0.4, 0.5) is 4.79 Å². The SMILES string of the molecule is Cc1ccc(CC(N)CNC(=O)OC(C)(C)C)s1. The standard InChI is InChI=1S/C13H22N2O2S/c1-9-5-6-11(18-9)7-10(14)8-15-12(16)17-13(2,3)4/h5-6,10H,7-8,14H2,1-4H3,(H,15,16). The highest BCUT2D eigenvalue weighted by Gasteiger charge is 2.16. The van der Waals surface area contributed by atoms with Gasteiger partial charge in [0.25, 0.3) is 0 Å². The zero-order valence-corrected chi connectivity index (χ0v) is 12.3. The molecule has 4 nitrogen and oxygen atoms in total. The molecule has 1 rings (SSSR count). The molecule has 1 atom stereocenters. The Labute approximate surface area is 113 Å². The van der Waals surface area contributed by atoms with Gasteiger partial charge in [0.1, 0.15) is 5.60 Å². The summed E-state index contributed by atoms with van der Waals surface area (Å²) in [5.41, 5.74) is 5.49. The first-order valence-electron chi connectivity index (χ1n) is 6.04. The Kier molecular flexibility index (Phi) is 5.16. The number of aryl methyl sites for hydroxylation is 1. The topological polar surface area (TPSA) is 64.3 Å². The van der Waals surface area contributed by atoms with E-state index in [0.717, 1.165) is 6.42 Å². The van der Waals surface area contributed by atoms with Crippen LogP contribution in [0.15, 0.2) is 12.1 Å². The van der Waals surface area contributed by atoms with Crippen molar-refractivity contribution in [1.82, 2.24) is 5.32 Å². The normalized spacial score (nSPS) is 13.2. The van der Waals surface area contributed by atoms with Gasteiger partial charge in [-0.3, -0.25) is 0 Å². The van der Waals surface area contributed by atoms with E-state index in [4.69, 9.17) is 10.5 Å². The van der Waals surface area contributed by atoms with Gasteiger partial charge in [-0.2, -0.15) is 0 Å². The van der Waals surface area contributed by atoms with Crippen molar-refractivity contribution in [1.29, 1.82) is 0 Å². The molecule has 0 radical (unpaired) electrons. The minimum Gasteiger partial charge on any atom is -0.444 e. The van der Waals surface area contributed by atoms with E-state index in [-0.39, 0.29) is 6.04 Å². The van der Waals surface area contributed by atoms with E-state index >= 15 is 0 Å². The van der Waals surface area contributed by atoms with Gasteiger partial charge in [-0.05, 0) is 46.2 Å². The van der Waals surface area contributed by atoms with E-state index in [0.29, 0.717) is 6.54 Å². The molecule has 0 saturated carbocycles. The molecule has 0 spiro atoms. The number of amides is 1. The van der Waals surface area contributed by atoms with Gasteiger partial charge in [0.2, 0.25) is 0 Å². The van der Waals surface area contributed by atoms with Crippen molar-refractivity contribution in [3.05, 3.63) is 21.9 Å². The molecular formula is C13H22N2O2S. The summed E-state index contributed by atoms with van der Waals surface area (Å²) in [4.78, 5) is 14.0. The van der Waals surface area contributed by atoms with Crippen LogP contribution < -0.4 is 11.1 Å². The second-order valence-electron chi connectivity index (χ2n) is 5.36. The van der Waals surface area contributed by atoms with Gasteiger partial charge in [-0.15, -0.1) is 11.3 Å². The Hall–Kier alpha value is -1.07. The fourth-order valence-corrected chi connectivity index (χ4v) is 2.44. The number of hydrogen-bond acceptors (Lipinski definition) is 4. The first-order chi connectivity index (χ1) is 8.26. The molecule has 0 aromatic carbocycles.